The number of amides is 4. The molecule has 2 atom stereocenters. The third kappa shape index (κ3) is 4.07. The van der Waals surface area contributed by atoms with E-state index in [0.717, 1.165) is 10.6 Å². The first-order valence-corrected chi connectivity index (χ1v) is 11.0. The first kappa shape index (κ1) is 21.1. The van der Waals surface area contributed by atoms with Gasteiger partial charge in [0.25, 0.3) is 0 Å². The molecule has 2 aromatic rings. The van der Waals surface area contributed by atoms with Crippen molar-refractivity contribution in [3.63, 3.8) is 0 Å². The second-order valence-electron chi connectivity index (χ2n) is 7.28. The van der Waals surface area contributed by atoms with E-state index in [9.17, 15) is 18.8 Å². The van der Waals surface area contributed by atoms with Crippen LogP contribution in [0, 0.1) is 5.82 Å². The molecule has 2 heterocycles. The molecule has 4 amide bonds. The fraction of sp³-hybridized carbons (Fsp3) is 0.261. The molecular formula is C23H22FN3O3S. The molecule has 1 saturated heterocycles. The molecule has 4 rings (SSSR count). The number of para-hydroxylation sites is 1. The maximum absolute atomic E-state index is 14.2. The summed E-state index contributed by atoms with van der Waals surface area (Å²) < 4.78 is 14.2. The van der Waals surface area contributed by atoms with Crippen LogP contribution in [-0.4, -0.2) is 52.0 Å². The van der Waals surface area contributed by atoms with Gasteiger partial charge in [-0.15, -0.1) is 11.8 Å². The van der Waals surface area contributed by atoms with Crippen LogP contribution in [0.15, 0.2) is 66.1 Å². The van der Waals surface area contributed by atoms with Crippen molar-refractivity contribution in [2.45, 2.75) is 24.8 Å². The van der Waals surface area contributed by atoms with Crippen LogP contribution in [-0.2, 0) is 16.1 Å². The van der Waals surface area contributed by atoms with E-state index in [1.165, 1.54) is 22.7 Å². The van der Waals surface area contributed by atoms with Crippen molar-refractivity contribution in [3.05, 3.63) is 77.5 Å². The number of thioether (sulfide) groups is 1. The highest BCUT2D eigenvalue weighted by molar-refractivity contribution is 8.03. The van der Waals surface area contributed by atoms with Crippen LogP contribution in [0.25, 0.3) is 0 Å². The summed E-state index contributed by atoms with van der Waals surface area (Å²) in [5.41, 5.74) is 0.996. The fourth-order valence-corrected chi connectivity index (χ4v) is 4.91. The number of likely N-dealkylation sites (N-methyl/N-ethyl adjacent to an activating group) is 1. The van der Waals surface area contributed by atoms with Gasteiger partial charge in [-0.05, 0) is 30.5 Å². The maximum atomic E-state index is 14.2. The summed E-state index contributed by atoms with van der Waals surface area (Å²) in [6.07, 6.45) is 1.78. The molecule has 2 aliphatic heterocycles. The molecular weight excluding hydrogens is 417 g/mol. The first-order chi connectivity index (χ1) is 15.0. The van der Waals surface area contributed by atoms with Gasteiger partial charge in [0.2, 0.25) is 11.8 Å². The number of benzene rings is 2. The molecule has 0 aliphatic carbocycles. The van der Waals surface area contributed by atoms with Crippen LogP contribution in [0.2, 0.25) is 0 Å². The Labute approximate surface area is 184 Å². The number of rotatable bonds is 6. The smallest absolute Gasteiger partial charge is 0.311 e. The van der Waals surface area contributed by atoms with Crippen molar-refractivity contribution < 1.29 is 18.8 Å². The number of carbonyl (C=O) groups is 3. The van der Waals surface area contributed by atoms with E-state index in [1.807, 2.05) is 37.3 Å². The lowest BCUT2D eigenvalue weighted by atomic mass is 10.1. The number of imide groups is 1. The van der Waals surface area contributed by atoms with Crippen LogP contribution in [0.4, 0.5) is 14.9 Å². The van der Waals surface area contributed by atoms with Crippen molar-refractivity contribution >= 4 is 35.3 Å². The van der Waals surface area contributed by atoms with Crippen LogP contribution >= 0.6 is 11.8 Å². The topological polar surface area (TPSA) is 60.9 Å². The average Bonchev–Trinajstić information content (AvgIpc) is 3.27. The molecule has 0 bridgehead atoms. The zero-order valence-electron chi connectivity index (χ0n) is 17.0. The highest BCUT2D eigenvalue weighted by Gasteiger charge is 2.48. The largest absolute Gasteiger partial charge is 0.328 e. The molecule has 6 nitrogen and oxygen atoms in total. The Balaban J connectivity index is 1.59. The number of hydrogen-bond acceptors (Lipinski definition) is 4. The summed E-state index contributed by atoms with van der Waals surface area (Å²) in [4.78, 5) is 43.4. The zero-order valence-corrected chi connectivity index (χ0v) is 17.8. The zero-order chi connectivity index (χ0) is 22.0. The Kier molecular flexibility index (Phi) is 6.08. The van der Waals surface area contributed by atoms with Gasteiger partial charge in [0.15, 0.2) is 0 Å². The van der Waals surface area contributed by atoms with Crippen LogP contribution in [0.1, 0.15) is 12.5 Å². The van der Waals surface area contributed by atoms with Crippen LogP contribution < -0.4 is 4.90 Å². The van der Waals surface area contributed by atoms with E-state index in [0.29, 0.717) is 6.54 Å². The predicted octanol–water partition coefficient (Wildman–Crippen LogP) is 3.64. The van der Waals surface area contributed by atoms with Crippen LogP contribution in [0.3, 0.4) is 0 Å². The minimum atomic E-state index is -0.584. The van der Waals surface area contributed by atoms with Crippen molar-refractivity contribution in [2.24, 2.45) is 0 Å². The Hall–Kier alpha value is -3.13. The number of hydrogen-bond donors (Lipinski definition) is 0. The monoisotopic (exact) mass is 439 g/mol. The maximum Gasteiger partial charge on any atom is 0.328 e. The number of fused-ring (bicyclic) bond motifs is 1. The second-order valence-corrected chi connectivity index (χ2v) is 8.33. The van der Waals surface area contributed by atoms with Gasteiger partial charge in [-0.25, -0.2) is 9.18 Å². The summed E-state index contributed by atoms with van der Waals surface area (Å²) in [6.45, 7) is 1.97. The Morgan fingerprint density at radius 1 is 1.10 bits per heavy atom. The summed E-state index contributed by atoms with van der Waals surface area (Å²) in [7, 11) is 0. The van der Waals surface area contributed by atoms with E-state index < -0.39 is 23.1 Å². The van der Waals surface area contributed by atoms with E-state index in [4.69, 9.17) is 0 Å². The molecule has 0 aromatic heterocycles. The number of urea groups is 1. The van der Waals surface area contributed by atoms with E-state index in [-0.39, 0.29) is 30.5 Å². The molecule has 160 valence electrons. The lowest BCUT2D eigenvalue weighted by Crippen LogP contribution is -2.63. The molecule has 0 N–H and O–H groups in total. The van der Waals surface area contributed by atoms with Gasteiger partial charge in [-0.3, -0.25) is 14.5 Å². The average molecular weight is 440 g/mol. The van der Waals surface area contributed by atoms with Crippen molar-refractivity contribution in [2.75, 3.05) is 18.0 Å². The third-order valence-electron chi connectivity index (χ3n) is 5.43. The molecule has 2 unspecified atom stereocenters. The summed E-state index contributed by atoms with van der Waals surface area (Å²) in [6, 6.07) is 14.2. The van der Waals surface area contributed by atoms with Crippen LogP contribution in [0.5, 0.6) is 0 Å². The molecule has 2 aromatic carbocycles. The summed E-state index contributed by atoms with van der Waals surface area (Å²) >= 11 is 1.31. The van der Waals surface area contributed by atoms with Gasteiger partial charge >= 0.3 is 6.03 Å². The normalized spacial score (nSPS) is 20.2. The third-order valence-corrected chi connectivity index (χ3v) is 6.52. The Morgan fingerprint density at radius 3 is 2.52 bits per heavy atom. The standard InChI is InChI=1S/C23H22FN3O3S/c1-2-25(17-9-4-3-5-10-17)20(28)15-26-19-12-13-31-21(19)22(29)27(23(26)30)14-16-8-6-7-11-18(16)24/h3-13,19,21H,2,14-15H2,1H3. The highest BCUT2D eigenvalue weighted by Crippen LogP contribution is 2.35. The summed E-state index contributed by atoms with van der Waals surface area (Å²) in [5, 5.41) is 1.24. The summed E-state index contributed by atoms with van der Waals surface area (Å²) in [5.74, 6) is -1.09. The Bertz CT molecular complexity index is 1030. The molecule has 0 spiro atoms. The van der Waals surface area contributed by atoms with Gasteiger partial charge in [0.05, 0.1) is 12.6 Å². The van der Waals surface area contributed by atoms with E-state index in [2.05, 4.69) is 0 Å². The molecule has 0 radical (unpaired) electrons. The molecule has 8 heteroatoms. The Morgan fingerprint density at radius 2 is 1.81 bits per heavy atom. The van der Waals surface area contributed by atoms with Gasteiger partial charge in [0, 0.05) is 17.8 Å². The van der Waals surface area contributed by atoms with Gasteiger partial charge < -0.3 is 9.80 Å². The number of halogens is 1. The van der Waals surface area contributed by atoms with E-state index >= 15 is 0 Å². The minimum Gasteiger partial charge on any atom is -0.311 e. The molecule has 31 heavy (non-hydrogen) atoms. The number of carbonyl (C=O) groups excluding carboxylic acids is 3. The number of anilines is 1. The lowest BCUT2D eigenvalue weighted by molar-refractivity contribution is -0.133. The molecule has 0 saturated carbocycles. The van der Waals surface area contributed by atoms with E-state index in [1.54, 1.807) is 34.6 Å². The predicted molar refractivity (Wildman–Crippen MR) is 118 cm³/mol. The van der Waals surface area contributed by atoms with Gasteiger partial charge in [-0.2, -0.15) is 0 Å². The van der Waals surface area contributed by atoms with Crippen molar-refractivity contribution in [3.8, 4) is 0 Å². The SMILES string of the molecule is CCN(C(=O)CN1C(=O)N(Cc2ccccc2F)C(=O)C2SC=CC21)c1ccccc1. The minimum absolute atomic E-state index is 0.172. The fourth-order valence-electron chi connectivity index (χ4n) is 3.85. The molecule has 2 aliphatic rings. The molecule has 1 fully saturated rings. The highest BCUT2D eigenvalue weighted by atomic mass is 32.2. The van der Waals surface area contributed by atoms with Gasteiger partial charge in [0.1, 0.15) is 17.6 Å². The van der Waals surface area contributed by atoms with Gasteiger partial charge in [-0.1, -0.05) is 42.5 Å². The lowest BCUT2D eigenvalue weighted by Gasteiger charge is -2.41. The first-order valence-electron chi connectivity index (χ1n) is 10.0. The van der Waals surface area contributed by atoms with Crippen molar-refractivity contribution in [1.82, 2.24) is 9.80 Å². The number of nitrogens with zero attached hydrogens (tertiary/aromatic N) is 3. The van der Waals surface area contributed by atoms with Crippen molar-refractivity contribution in [1.29, 1.82) is 0 Å². The second kappa shape index (κ2) is 8.93. The quantitative estimate of drug-likeness (QED) is 0.690.